The van der Waals surface area contributed by atoms with Crippen LogP contribution in [0.25, 0.3) is 0 Å². The minimum atomic E-state index is -3.58. The predicted octanol–water partition coefficient (Wildman–Crippen LogP) is 2.43. The molecule has 1 heterocycles. The first kappa shape index (κ1) is 20.5. The fraction of sp³-hybridized carbons (Fsp3) is 0.381. The van der Waals surface area contributed by atoms with Gasteiger partial charge in [0.15, 0.2) is 0 Å². The van der Waals surface area contributed by atoms with Gasteiger partial charge in [-0.05, 0) is 42.2 Å². The maximum atomic E-state index is 13.0. The van der Waals surface area contributed by atoms with Crippen LogP contribution in [0.4, 0.5) is 0 Å². The maximum absolute atomic E-state index is 13.0. The van der Waals surface area contributed by atoms with E-state index in [0.29, 0.717) is 37.6 Å². The van der Waals surface area contributed by atoms with Crippen LogP contribution in [0.2, 0.25) is 0 Å². The fourth-order valence-electron chi connectivity index (χ4n) is 3.29. The molecule has 150 valence electrons. The summed E-state index contributed by atoms with van der Waals surface area (Å²) in [6.07, 6.45) is 0.638. The Bertz CT molecular complexity index is 929. The van der Waals surface area contributed by atoms with Gasteiger partial charge in [0.1, 0.15) is 6.61 Å². The second kappa shape index (κ2) is 8.86. The van der Waals surface area contributed by atoms with Gasteiger partial charge in [-0.2, -0.15) is 4.31 Å². The summed E-state index contributed by atoms with van der Waals surface area (Å²) in [6, 6.07) is 14.7. The summed E-state index contributed by atoms with van der Waals surface area (Å²) in [4.78, 5) is 14.2. The van der Waals surface area contributed by atoms with Crippen LogP contribution in [0.5, 0.6) is 0 Å². The first-order valence-electron chi connectivity index (χ1n) is 9.39. The van der Waals surface area contributed by atoms with Gasteiger partial charge in [-0.1, -0.05) is 36.4 Å². The van der Waals surface area contributed by atoms with Crippen LogP contribution in [0.15, 0.2) is 53.4 Å². The van der Waals surface area contributed by atoms with Gasteiger partial charge in [0.2, 0.25) is 15.9 Å². The lowest BCUT2D eigenvalue weighted by Crippen LogP contribution is -2.38. The molecule has 7 heteroatoms. The van der Waals surface area contributed by atoms with Crippen LogP contribution in [-0.2, 0) is 39.1 Å². The van der Waals surface area contributed by atoms with E-state index in [1.807, 2.05) is 43.3 Å². The standard InChI is InChI=1S/C21H26N2O4S/c1-3-27-16-21(24)23-12-11-18-13-20(10-9-19(18)15-23)28(25,26)22(2)14-17-7-5-4-6-8-17/h4-10,13H,3,11-12,14-16H2,1-2H3. The van der Waals surface area contributed by atoms with Crippen molar-refractivity contribution in [3.05, 3.63) is 65.2 Å². The summed E-state index contributed by atoms with van der Waals surface area (Å²) < 4.78 is 32.5. The van der Waals surface area contributed by atoms with Gasteiger partial charge in [0.25, 0.3) is 0 Å². The highest BCUT2D eigenvalue weighted by molar-refractivity contribution is 7.89. The monoisotopic (exact) mass is 402 g/mol. The Kier molecular flexibility index (Phi) is 6.49. The first-order chi connectivity index (χ1) is 13.4. The molecule has 0 aliphatic carbocycles. The van der Waals surface area contributed by atoms with Crippen molar-refractivity contribution >= 4 is 15.9 Å². The number of fused-ring (bicyclic) bond motifs is 1. The predicted molar refractivity (Wildman–Crippen MR) is 107 cm³/mol. The molecule has 0 saturated heterocycles. The van der Waals surface area contributed by atoms with Crippen molar-refractivity contribution in [2.24, 2.45) is 0 Å². The number of rotatable bonds is 7. The molecule has 28 heavy (non-hydrogen) atoms. The normalized spacial score (nSPS) is 14.2. The number of amides is 1. The number of benzene rings is 2. The van der Waals surface area contributed by atoms with E-state index in [-0.39, 0.29) is 12.5 Å². The average molecular weight is 403 g/mol. The van der Waals surface area contributed by atoms with Crippen molar-refractivity contribution in [3.8, 4) is 0 Å². The van der Waals surface area contributed by atoms with Gasteiger partial charge in [-0.15, -0.1) is 0 Å². The molecule has 0 aromatic heterocycles. The van der Waals surface area contributed by atoms with E-state index in [2.05, 4.69) is 0 Å². The van der Waals surface area contributed by atoms with E-state index in [4.69, 9.17) is 4.74 Å². The molecular weight excluding hydrogens is 376 g/mol. The number of ether oxygens (including phenoxy) is 1. The van der Waals surface area contributed by atoms with Gasteiger partial charge in [-0.3, -0.25) is 4.79 Å². The fourth-order valence-corrected chi connectivity index (χ4v) is 4.50. The molecule has 0 N–H and O–H groups in total. The molecule has 2 aromatic rings. The Balaban J connectivity index is 1.74. The van der Waals surface area contributed by atoms with Crippen LogP contribution in [0, 0.1) is 0 Å². The van der Waals surface area contributed by atoms with Gasteiger partial charge < -0.3 is 9.64 Å². The van der Waals surface area contributed by atoms with E-state index in [0.717, 1.165) is 16.7 Å². The zero-order chi connectivity index (χ0) is 20.1. The SMILES string of the molecule is CCOCC(=O)N1CCc2cc(S(=O)(=O)N(C)Cc3ccccc3)ccc2C1. The van der Waals surface area contributed by atoms with Crippen molar-refractivity contribution in [1.82, 2.24) is 9.21 Å². The largest absolute Gasteiger partial charge is 0.372 e. The van der Waals surface area contributed by atoms with E-state index in [9.17, 15) is 13.2 Å². The van der Waals surface area contributed by atoms with Crippen LogP contribution in [-0.4, -0.2) is 50.3 Å². The van der Waals surface area contributed by atoms with E-state index in [1.165, 1.54) is 4.31 Å². The third-order valence-corrected chi connectivity index (χ3v) is 6.73. The van der Waals surface area contributed by atoms with Crippen molar-refractivity contribution in [2.45, 2.75) is 31.3 Å². The molecule has 0 bridgehead atoms. The Morgan fingerprint density at radius 1 is 1.14 bits per heavy atom. The average Bonchev–Trinajstić information content (AvgIpc) is 2.71. The Morgan fingerprint density at radius 2 is 1.89 bits per heavy atom. The minimum Gasteiger partial charge on any atom is -0.372 e. The van der Waals surface area contributed by atoms with E-state index in [1.54, 1.807) is 24.1 Å². The Hall–Kier alpha value is -2.22. The number of sulfonamides is 1. The van der Waals surface area contributed by atoms with Gasteiger partial charge >= 0.3 is 0 Å². The second-order valence-electron chi connectivity index (χ2n) is 6.88. The molecule has 1 aliphatic heterocycles. The quantitative estimate of drug-likeness (QED) is 0.713. The molecule has 0 unspecified atom stereocenters. The Labute approximate surface area is 166 Å². The molecule has 6 nitrogen and oxygen atoms in total. The maximum Gasteiger partial charge on any atom is 0.248 e. The summed E-state index contributed by atoms with van der Waals surface area (Å²) in [6.45, 7) is 3.83. The van der Waals surface area contributed by atoms with Crippen molar-refractivity contribution in [2.75, 3.05) is 26.8 Å². The van der Waals surface area contributed by atoms with Crippen LogP contribution in [0.3, 0.4) is 0 Å². The van der Waals surface area contributed by atoms with Crippen LogP contribution in [0.1, 0.15) is 23.6 Å². The zero-order valence-corrected chi connectivity index (χ0v) is 17.1. The molecule has 1 aliphatic rings. The molecule has 3 rings (SSSR count). The van der Waals surface area contributed by atoms with Crippen molar-refractivity contribution in [3.63, 3.8) is 0 Å². The number of carbonyl (C=O) groups excluding carboxylic acids is 1. The topological polar surface area (TPSA) is 66.9 Å². The highest BCUT2D eigenvalue weighted by Gasteiger charge is 2.25. The van der Waals surface area contributed by atoms with Crippen molar-refractivity contribution in [1.29, 1.82) is 0 Å². The Morgan fingerprint density at radius 3 is 2.61 bits per heavy atom. The van der Waals surface area contributed by atoms with Gasteiger partial charge in [0, 0.05) is 33.3 Å². The molecule has 2 aromatic carbocycles. The lowest BCUT2D eigenvalue weighted by molar-refractivity contribution is -0.136. The molecule has 1 amide bonds. The number of hydrogen-bond acceptors (Lipinski definition) is 4. The lowest BCUT2D eigenvalue weighted by Gasteiger charge is -2.29. The molecule has 0 fully saturated rings. The second-order valence-corrected chi connectivity index (χ2v) is 8.92. The summed E-state index contributed by atoms with van der Waals surface area (Å²) in [7, 11) is -1.99. The molecule has 0 radical (unpaired) electrons. The highest BCUT2D eigenvalue weighted by Crippen LogP contribution is 2.25. The number of nitrogens with zero attached hydrogens (tertiary/aromatic N) is 2. The highest BCUT2D eigenvalue weighted by atomic mass is 32.2. The zero-order valence-electron chi connectivity index (χ0n) is 16.3. The molecule has 0 atom stereocenters. The molecule has 0 spiro atoms. The summed E-state index contributed by atoms with van der Waals surface area (Å²) in [5.41, 5.74) is 2.91. The summed E-state index contributed by atoms with van der Waals surface area (Å²) in [5, 5.41) is 0. The third kappa shape index (κ3) is 4.60. The number of carbonyl (C=O) groups is 1. The minimum absolute atomic E-state index is 0.0354. The van der Waals surface area contributed by atoms with E-state index >= 15 is 0 Å². The summed E-state index contributed by atoms with van der Waals surface area (Å²) >= 11 is 0. The molecule has 0 saturated carbocycles. The lowest BCUT2D eigenvalue weighted by atomic mass is 10.00. The van der Waals surface area contributed by atoms with Crippen LogP contribution < -0.4 is 0 Å². The first-order valence-corrected chi connectivity index (χ1v) is 10.8. The number of hydrogen-bond donors (Lipinski definition) is 0. The molecular formula is C21H26N2O4S. The third-order valence-electron chi connectivity index (χ3n) is 4.93. The van der Waals surface area contributed by atoms with Gasteiger partial charge in [0.05, 0.1) is 4.90 Å². The smallest absolute Gasteiger partial charge is 0.248 e. The van der Waals surface area contributed by atoms with E-state index < -0.39 is 10.0 Å². The van der Waals surface area contributed by atoms with Crippen LogP contribution >= 0.6 is 0 Å². The van der Waals surface area contributed by atoms with Gasteiger partial charge in [-0.25, -0.2) is 8.42 Å². The summed E-state index contributed by atoms with van der Waals surface area (Å²) in [5.74, 6) is -0.0354. The van der Waals surface area contributed by atoms with Crippen molar-refractivity contribution < 1.29 is 17.9 Å².